The number of fused-ring (bicyclic) bond motifs is 1. The fraction of sp³-hybridized carbons (Fsp3) is 0.385. The minimum Gasteiger partial charge on any atom is -0.330 e. The molecule has 2 rings (SSSR count). The van der Waals surface area contributed by atoms with Crippen LogP contribution >= 0.6 is 23.1 Å². The molecule has 0 spiro atoms. The molecule has 2 aromatic rings. The van der Waals surface area contributed by atoms with E-state index in [2.05, 4.69) is 36.6 Å². The van der Waals surface area contributed by atoms with Crippen LogP contribution in [0.3, 0.4) is 0 Å². The van der Waals surface area contributed by atoms with Crippen molar-refractivity contribution in [2.75, 3.05) is 12.3 Å². The molecule has 0 fully saturated rings. The lowest BCUT2D eigenvalue weighted by Crippen LogP contribution is -2.12. The molecule has 0 aliphatic heterocycles. The van der Waals surface area contributed by atoms with Gasteiger partial charge in [-0.1, -0.05) is 25.1 Å². The average molecular weight is 251 g/mol. The monoisotopic (exact) mass is 251 g/mol. The molecule has 1 aromatic carbocycles. The Morgan fingerprint density at radius 2 is 2.19 bits per heavy atom. The lowest BCUT2D eigenvalue weighted by Gasteiger charge is -2.06. The van der Waals surface area contributed by atoms with Crippen molar-refractivity contribution >= 4 is 33.2 Å². The van der Waals surface area contributed by atoms with E-state index in [1.165, 1.54) is 15.6 Å². The Morgan fingerprint density at radius 3 is 3.00 bits per heavy atom. The van der Waals surface area contributed by atoms with Crippen LogP contribution in [0.2, 0.25) is 0 Å². The Morgan fingerprint density at radius 1 is 1.38 bits per heavy atom. The van der Waals surface area contributed by atoms with E-state index in [1.54, 1.807) is 0 Å². The van der Waals surface area contributed by atoms with Gasteiger partial charge in [0.1, 0.15) is 0 Å². The van der Waals surface area contributed by atoms with E-state index in [0.29, 0.717) is 5.92 Å². The van der Waals surface area contributed by atoms with Crippen LogP contribution in [0.4, 0.5) is 0 Å². The molecule has 3 heteroatoms. The highest BCUT2D eigenvalue weighted by Gasteiger charge is 2.04. The van der Waals surface area contributed by atoms with Crippen LogP contribution in [0.15, 0.2) is 29.6 Å². The predicted molar refractivity (Wildman–Crippen MR) is 76.2 cm³/mol. The van der Waals surface area contributed by atoms with Crippen molar-refractivity contribution < 1.29 is 0 Å². The summed E-state index contributed by atoms with van der Waals surface area (Å²) in [6.07, 6.45) is 0. The van der Waals surface area contributed by atoms with E-state index in [4.69, 9.17) is 5.73 Å². The van der Waals surface area contributed by atoms with Crippen molar-refractivity contribution in [1.29, 1.82) is 0 Å². The van der Waals surface area contributed by atoms with Crippen molar-refractivity contribution in [3.05, 3.63) is 35.2 Å². The summed E-state index contributed by atoms with van der Waals surface area (Å²) in [5.74, 6) is 2.88. The quantitative estimate of drug-likeness (QED) is 0.876. The number of benzene rings is 1. The zero-order valence-electron chi connectivity index (χ0n) is 9.48. The summed E-state index contributed by atoms with van der Waals surface area (Å²) in [4.78, 5) is 0. The third-order valence-electron chi connectivity index (χ3n) is 2.62. The van der Waals surface area contributed by atoms with Crippen LogP contribution in [0, 0.1) is 5.92 Å². The molecule has 16 heavy (non-hydrogen) atoms. The van der Waals surface area contributed by atoms with Crippen LogP contribution in [0.5, 0.6) is 0 Å². The van der Waals surface area contributed by atoms with Gasteiger partial charge >= 0.3 is 0 Å². The number of nitrogens with two attached hydrogens (primary N) is 1. The first kappa shape index (κ1) is 12.0. The molecule has 1 atom stereocenters. The highest BCUT2D eigenvalue weighted by atomic mass is 32.2. The summed E-state index contributed by atoms with van der Waals surface area (Å²) in [5, 5.41) is 3.70. The number of thioether (sulfide) groups is 1. The fourth-order valence-corrected chi connectivity index (χ4v) is 3.77. The minimum absolute atomic E-state index is 0.620. The van der Waals surface area contributed by atoms with Gasteiger partial charge in [0.2, 0.25) is 0 Å². The van der Waals surface area contributed by atoms with Gasteiger partial charge in [-0.2, -0.15) is 11.8 Å². The van der Waals surface area contributed by atoms with E-state index < -0.39 is 0 Å². The Hall–Kier alpha value is -0.510. The fourth-order valence-electron chi connectivity index (χ4n) is 1.58. The first-order chi connectivity index (χ1) is 7.81. The third kappa shape index (κ3) is 2.78. The molecule has 0 radical (unpaired) electrons. The van der Waals surface area contributed by atoms with Crippen LogP contribution in [0.25, 0.3) is 10.1 Å². The molecule has 1 unspecified atom stereocenters. The smallest absolute Gasteiger partial charge is 0.0345 e. The maximum atomic E-state index is 5.61. The summed E-state index contributed by atoms with van der Waals surface area (Å²) in [5.41, 5.74) is 7.08. The van der Waals surface area contributed by atoms with Gasteiger partial charge in [0.05, 0.1) is 0 Å². The molecule has 2 N–H and O–H groups in total. The van der Waals surface area contributed by atoms with Crippen molar-refractivity contribution in [3.8, 4) is 0 Å². The van der Waals surface area contributed by atoms with Crippen molar-refractivity contribution in [2.24, 2.45) is 11.7 Å². The Kier molecular flexibility index (Phi) is 4.27. The summed E-state index contributed by atoms with van der Waals surface area (Å²) in [6.45, 7) is 3.00. The van der Waals surface area contributed by atoms with Crippen LogP contribution < -0.4 is 5.73 Å². The highest BCUT2D eigenvalue weighted by molar-refractivity contribution is 7.98. The van der Waals surface area contributed by atoms with Crippen LogP contribution in [0.1, 0.15) is 12.5 Å². The summed E-state index contributed by atoms with van der Waals surface area (Å²) in [7, 11) is 0. The number of hydrogen-bond donors (Lipinski definition) is 1. The number of rotatable bonds is 5. The minimum atomic E-state index is 0.620. The predicted octanol–water partition coefficient (Wildman–Crippen LogP) is 3.73. The molecule has 0 amide bonds. The summed E-state index contributed by atoms with van der Waals surface area (Å²) >= 11 is 3.83. The molecule has 0 saturated heterocycles. The Bertz CT molecular complexity index is 450. The number of hydrogen-bond acceptors (Lipinski definition) is 3. The van der Waals surface area contributed by atoms with E-state index in [9.17, 15) is 0 Å². The van der Waals surface area contributed by atoms with Gasteiger partial charge in [0.15, 0.2) is 0 Å². The molecule has 0 saturated carbocycles. The maximum Gasteiger partial charge on any atom is 0.0345 e. The lowest BCUT2D eigenvalue weighted by molar-refractivity contribution is 0.675. The van der Waals surface area contributed by atoms with Gasteiger partial charge in [-0.25, -0.2) is 0 Å². The number of thiophene rings is 1. The highest BCUT2D eigenvalue weighted by Crippen LogP contribution is 2.28. The average Bonchev–Trinajstić information content (AvgIpc) is 2.73. The van der Waals surface area contributed by atoms with E-state index in [0.717, 1.165) is 18.1 Å². The van der Waals surface area contributed by atoms with Crippen molar-refractivity contribution in [1.82, 2.24) is 0 Å². The summed E-state index contributed by atoms with van der Waals surface area (Å²) in [6, 6.07) is 8.63. The molecule has 0 aliphatic rings. The first-order valence-electron chi connectivity index (χ1n) is 5.54. The largest absolute Gasteiger partial charge is 0.330 e. The standard InChI is InChI=1S/C13H17NS2/c1-10(6-14)7-15-8-11-9-16-13-5-3-2-4-12(11)13/h2-5,9-10H,6-8,14H2,1H3. The van der Waals surface area contributed by atoms with Gasteiger partial charge in [-0.15, -0.1) is 11.3 Å². The molecule has 0 bridgehead atoms. The second kappa shape index (κ2) is 5.71. The molecule has 1 heterocycles. The van der Waals surface area contributed by atoms with Crippen LogP contribution in [-0.4, -0.2) is 12.3 Å². The van der Waals surface area contributed by atoms with Crippen molar-refractivity contribution in [2.45, 2.75) is 12.7 Å². The lowest BCUT2D eigenvalue weighted by atomic mass is 10.2. The Labute approximate surface area is 105 Å². The Balaban J connectivity index is 1.99. The van der Waals surface area contributed by atoms with Gasteiger partial charge < -0.3 is 5.73 Å². The maximum absolute atomic E-state index is 5.61. The SMILES string of the molecule is CC(CN)CSCc1csc2ccccc12. The van der Waals surface area contributed by atoms with Crippen LogP contribution in [-0.2, 0) is 5.75 Å². The van der Waals surface area contributed by atoms with Gasteiger partial charge in [-0.05, 0) is 40.6 Å². The van der Waals surface area contributed by atoms with Gasteiger partial charge in [-0.3, -0.25) is 0 Å². The molecule has 1 aromatic heterocycles. The zero-order chi connectivity index (χ0) is 11.4. The van der Waals surface area contributed by atoms with Crippen molar-refractivity contribution in [3.63, 3.8) is 0 Å². The van der Waals surface area contributed by atoms with Gasteiger partial charge in [0, 0.05) is 10.5 Å². The molecular formula is C13H17NS2. The normalized spacial score (nSPS) is 13.1. The molecule has 1 nitrogen and oxygen atoms in total. The first-order valence-corrected chi connectivity index (χ1v) is 7.57. The van der Waals surface area contributed by atoms with Gasteiger partial charge in [0.25, 0.3) is 0 Å². The van der Waals surface area contributed by atoms with E-state index in [-0.39, 0.29) is 0 Å². The zero-order valence-corrected chi connectivity index (χ0v) is 11.1. The second-order valence-electron chi connectivity index (χ2n) is 4.11. The van der Waals surface area contributed by atoms with E-state index >= 15 is 0 Å². The topological polar surface area (TPSA) is 26.0 Å². The second-order valence-corrected chi connectivity index (χ2v) is 6.05. The molecule has 86 valence electrons. The van der Waals surface area contributed by atoms with E-state index in [1.807, 2.05) is 23.1 Å². The third-order valence-corrected chi connectivity index (χ3v) is 4.96. The molecule has 0 aliphatic carbocycles. The summed E-state index contributed by atoms with van der Waals surface area (Å²) < 4.78 is 1.39. The molecular weight excluding hydrogens is 234 g/mol.